The number of carbonyl (C=O) groups is 1. The molecule has 90 valence electrons. The van der Waals surface area contributed by atoms with E-state index in [0.29, 0.717) is 12.4 Å². The van der Waals surface area contributed by atoms with Gasteiger partial charge in [-0.05, 0) is 38.1 Å². The van der Waals surface area contributed by atoms with Crippen LogP contribution in [0.2, 0.25) is 0 Å². The van der Waals surface area contributed by atoms with E-state index >= 15 is 0 Å². The summed E-state index contributed by atoms with van der Waals surface area (Å²) in [5.41, 5.74) is 5.55. The van der Waals surface area contributed by atoms with Crippen LogP contribution in [-0.2, 0) is 4.79 Å². The molecule has 0 fully saturated rings. The van der Waals surface area contributed by atoms with Gasteiger partial charge in [0.05, 0.1) is 0 Å². The van der Waals surface area contributed by atoms with Crippen molar-refractivity contribution >= 4 is 12.0 Å². The van der Waals surface area contributed by atoms with Gasteiger partial charge in [-0.1, -0.05) is 6.08 Å². The fraction of sp³-hybridized carbons (Fsp3) is 0.308. The van der Waals surface area contributed by atoms with Crippen LogP contribution in [0.1, 0.15) is 19.4 Å². The van der Waals surface area contributed by atoms with Gasteiger partial charge in [0.25, 0.3) is 0 Å². The molecule has 1 aromatic rings. The molecule has 1 aliphatic rings. The lowest BCUT2D eigenvalue weighted by Gasteiger charge is -2.18. The number of rotatable bonds is 2. The molecule has 0 atom stereocenters. The smallest absolute Gasteiger partial charge is 0.330 e. The van der Waals surface area contributed by atoms with Crippen molar-refractivity contribution in [3.05, 3.63) is 29.8 Å². The van der Waals surface area contributed by atoms with Gasteiger partial charge in [0, 0.05) is 5.56 Å². The van der Waals surface area contributed by atoms with Crippen LogP contribution in [0.15, 0.2) is 24.3 Å². The van der Waals surface area contributed by atoms with Crippen LogP contribution in [0.3, 0.4) is 0 Å². The molecule has 1 aliphatic heterocycles. The summed E-state index contributed by atoms with van der Waals surface area (Å²) in [6.45, 7) is 3.79. The fourth-order valence-electron chi connectivity index (χ4n) is 1.40. The van der Waals surface area contributed by atoms with Crippen molar-refractivity contribution in [2.24, 2.45) is 5.73 Å². The third kappa shape index (κ3) is 2.65. The van der Waals surface area contributed by atoms with Gasteiger partial charge in [0.2, 0.25) is 0 Å². The van der Waals surface area contributed by atoms with Gasteiger partial charge >= 0.3 is 5.97 Å². The highest BCUT2D eigenvalue weighted by molar-refractivity contribution is 5.81. The second-order valence-corrected chi connectivity index (χ2v) is 4.52. The second kappa shape index (κ2) is 4.22. The molecule has 0 saturated heterocycles. The van der Waals surface area contributed by atoms with Gasteiger partial charge in [-0.2, -0.15) is 0 Å². The second-order valence-electron chi connectivity index (χ2n) is 4.52. The highest BCUT2D eigenvalue weighted by Gasteiger charge is 2.24. The lowest BCUT2D eigenvalue weighted by atomic mass is 10.1. The van der Waals surface area contributed by atoms with Crippen molar-refractivity contribution in [3.63, 3.8) is 0 Å². The summed E-state index contributed by atoms with van der Waals surface area (Å²) in [5, 5.41) is 0. The molecule has 2 rings (SSSR count). The van der Waals surface area contributed by atoms with Crippen LogP contribution >= 0.6 is 0 Å². The van der Waals surface area contributed by atoms with Gasteiger partial charge < -0.3 is 15.2 Å². The molecule has 4 nitrogen and oxygen atoms in total. The largest absolute Gasteiger partial charge is 0.489 e. The summed E-state index contributed by atoms with van der Waals surface area (Å²) in [4.78, 5) is 11.6. The summed E-state index contributed by atoms with van der Waals surface area (Å²) in [6.07, 6.45) is 3.84. The van der Waals surface area contributed by atoms with Crippen LogP contribution in [0.5, 0.6) is 11.5 Å². The molecule has 0 aromatic heterocycles. The van der Waals surface area contributed by atoms with Gasteiger partial charge in [0.1, 0.15) is 23.6 Å². The SMILES string of the molecule is CC(C)(N)C(=O)Oc1ccc2c(c1)C=CCO2. The first-order valence-electron chi connectivity index (χ1n) is 5.41. The van der Waals surface area contributed by atoms with Crippen LogP contribution in [0, 0.1) is 0 Å². The zero-order valence-corrected chi connectivity index (χ0v) is 9.90. The molecule has 0 aliphatic carbocycles. The Kier molecular flexibility index (Phi) is 2.90. The van der Waals surface area contributed by atoms with Crippen LogP contribution in [-0.4, -0.2) is 18.1 Å². The zero-order valence-electron chi connectivity index (χ0n) is 9.90. The number of benzene rings is 1. The van der Waals surface area contributed by atoms with Crippen LogP contribution in [0.4, 0.5) is 0 Å². The fourth-order valence-corrected chi connectivity index (χ4v) is 1.40. The third-order valence-electron chi connectivity index (χ3n) is 2.35. The van der Waals surface area contributed by atoms with E-state index in [1.165, 1.54) is 0 Å². The minimum Gasteiger partial charge on any atom is -0.489 e. The Morgan fingerprint density at radius 2 is 2.24 bits per heavy atom. The molecule has 4 heteroatoms. The predicted octanol–water partition coefficient (Wildman–Crippen LogP) is 1.73. The first-order chi connectivity index (χ1) is 7.97. The topological polar surface area (TPSA) is 61.6 Å². The number of ether oxygens (including phenoxy) is 2. The predicted molar refractivity (Wildman–Crippen MR) is 64.9 cm³/mol. The minimum absolute atomic E-state index is 0.460. The van der Waals surface area contributed by atoms with Crippen molar-refractivity contribution in [1.82, 2.24) is 0 Å². The normalized spacial score (nSPS) is 13.8. The summed E-state index contributed by atoms with van der Waals surface area (Å²) in [7, 11) is 0. The molecule has 0 unspecified atom stereocenters. The molecule has 0 bridgehead atoms. The quantitative estimate of drug-likeness (QED) is 0.624. The maximum atomic E-state index is 11.6. The average molecular weight is 233 g/mol. The van der Waals surface area contributed by atoms with Crippen molar-refractivity contribution in [2.75, 3.05) is 6.61 Å². The number of nitrogens with two attached hydrogens (primary N) is 1. The summed E-state index contributed by atoms with van der Waals surface area (Å²) < 4.78 is 10.6. The van der Waals surface area contributed by atoms with Crippen molar-refractivity contribution < 1.29 is 14.3 Å². The van der Waals surface area contributed by atoms with Gasteiger partial charge in [-0.3, -0.25) is 0 Å². The van der Waals surface area contributed by atoms with E-state index in [2.05, 4.69) is 0 Å². The van der Waals surface area contributed by atoms with Gasteiger partial charge in [0.15, 0.2) is 0 Å². The number of hydrogen-bond donors (Lipinski definition) is 1. The molecule has 1 aromatic carbocycles. The number of carbonyl (C=O) groups excluding carboxylic acids is 1. The van der Waals surface area contributed by atoms with E-state index < -0.39 is 11.5 Å². The molecule has 0 saturated carbocycles. The lowest BCUT2D eigenvalue weighted by molar-refractivity contribution is -0.139. The summed E-state index contributed by atoms with van der Waals surface area (Å²) in [5.74, 6) is 0.805. The first-order valence-corrected chi connectivity index (χ1v) is 5.41. The highest BCUT2D eigenvalue weighted by atomic mass is 16.5. The Balaban J connectivity index is 2.19. The highest BCUT2D eigenvalue weighted by Crippen LogP contribution is 2.28. The lowest BCUT2D eigenvalue weighted by Crippen LogP contribution is -2.44. The standard InChI is InChI=1S/C13H15NO3/c1-13(2,14)12(15)17-10-5-6-11-9(8-10)4-3-7-16-11/h3-6,8H,7,14H2,1-2H3. The Morgan fingerprint density at radius 1 is 1.47 bits per heavy atom. The molecule has 0 radical (unpaired) electrons. The maximum Gasteiger partial charge on any atom is 0.330 e. The zero-order chi connectivity index (χ0) is 12.5. The monoisotopic (exact) mass is 233 g/mol. The Morgan fingerprint density at radius 3 is 2.94 bits per heavy atom. The summed E-state index contributed by atoms with van der Waals surface area (Å²) in [6, 6.07) is 5.24. The van der Waals surface area contributed by atoms with Crippen molar-refractivity contribution in [1.29, 1.82) is 0 Å². The minimum atomic E-state index is -0.998. The van der Waals surface area contributed by atoms with E-state index in [4.69, 9.17) is 15.2 Å². The first kappa shape index (κ1) is 11.7. The van der Waals surface area contributed by atoms with E-state index in [-0.39, 0.29) is 0 Å². The molecule has 1 heterocycles. The Labute approximate surface area is 100 Å². The van der Waals surface area contributed by atoms with Crippen molar-refractivity contribution in [3.8, 4) is 11.5 Å². The maximum absolute atomic E-state index is 11.6. The van der Waals surface area contributed by atoms with Gasteiger partial charge in [-0.15, -0.1) is 0 Å². The molecule has 2 N–H and O–H groups in total. The molecule has 17 heavy (non-hydrogen) atoms. The van der Waals surface area contributed by atoms with Gasteiger partial charge in [-0.25, -0.2) is 4.79 Å². The van der Waals surface area contributed by atoms with Crippen LogP contribution in [0.25, 0.3) is 6.08 Å². The van der Waals surface area contributed by atoms with E-state index in [0.717, 1.165) is 11.3 Å². The number of hydrogen-bond acceptors (Lipinski definition) is 4. The van der Waals surface area contributed by atoms with E-state index in [1.54, 1.807) is 32.0 Å². The average Bonchev–Trinajstić information content (AvgIpc) is 2.27. The summed E-state index contributed by atoms with van der Waals surface area (Å²) >= 11 is 0. The van der Waals surface area contributed by atoms with E-state index in [1.807, 2.05) is 12.2 Å². The Hall–Kier alpha value is -1.81. The molecule has 0 amide bonds. The van der Waals surface area contributed by atoms with Crippen molar-refractivity contribution in [2.45, 2.75) is 19.4 Å². The molecule has 0 spiro atoms. The van der Waals surface area contributed by atoms with E-state index in [9.17, 15) is 4.79 Å². The third-order valence-corrected chi connectivity index (χ3v) is 2.35. The van der Waals surface area contributed by atoms with Crippen LogP contribution < -0.4 is 15.2 Å². The number of fused-ring (bicyclic) bond motifs is 1. The number of esters is 1. The molecular weight excluding hydrogens is 218 g/mol. The Bertz CT molecular complexity index is 472. The molecular formula is C13H15NO3.